The fourth-order valence-electron chi connectivity index (χ4n) is 0.714. The summed E-state index contributed by atoms with van der Waals surface area (Å²) < 4.78 is 33.8. The van der Waals surface area contributed by atoms with Gasteiger partial charge in [0.15, 0.2) is 0 Å². The molecule has 0 atom stereocenters. The van der Waals surface area contributed by atoms with Crippen molar-refractivity contribution in [2.24, 2.45) is 0 Å². The Hall–Kier alpha value is -1.10. The Morgan fingerprint density at radius 2 is 2.15 bits per heavy atom. The van der Waals surface area contributed by atoms with Gasteiger partial charge < -0.3 is 4.74 Å². The van der Waals surface area contributed by atoms with Crippen molar-refractivity contribution in [3.8, 4) is 5.75 Å². The van der Waals surface area contributed by atoms with E-state index in [1.54, 1.807) is 0 Å². The fraction of sp³-hybridized carbons (Fsp3) is 0.250. The normalized spacial score (nSPS) is 16.4. The summed E-state index contributed by atoms with van der Waals surface area (Å²) in [5, 5.41) is 8.01. The number of non-ortho nitro benzene ring substituents is 1. The van der Waals surface area contributed by atoms with Gasteiger partial charge in [-0.05, 0) is 12.1 Å². The highest BCUT2D eigenvalue weighted by Gasteiger charge is 2.03. The summed E-state index contributed by atoms with van der Waals surface area (Å²) in [5.41, 5.74) is -0.153. The lowest BCUT2D eigenvalue weighted by Gasteiger charge is -2.01. The van der Waals surface area contributed by atoms with Crippen molar-refractivity contribution in [2.45, 2.75) is 0 Å². The summed E-state index contributed by atoms with van der Waals surface area (Å²) >= 11 is 2.52. The van der Waals surface area contributed by atoms with Crippen LogP contribution in [0, 0.1) is 10.1 Å². The SMILES string of the molecule is [2H]C([2H])(Br)C([2H])([2H])Oc1ccc([N+](=O)[O-])cc1. The number of halogens is 1. The van der Waals surface area contributed by atoms with Crippen molar-refractivity contribution in [1.29, 1.82) is 0 Å². The van der Waals surface area contributed by atoms with Gasteiger partial charge in [-0.2, -0.15) is 0 Å². The highest BCUT2D eigenvalue weighted by Crippen LogP contribution is 2.17. The Balaban J connectivity index is 2.86. The van der Waals surface area contributed by atoms with Crippen LogP contribution in [-0.2, 0) is 0 Å². The molecular weight excluding hydrogens is 238 g/mol. The van der Waals surface area contributed by atoms with Gasteiger partial charge in [0.25, 0.3) is 5.69 Å². The molecule has 0 bridgehead atoms. The second-order valence-electron chi connectivity index (χ2n) is 2.05. The standard InChI is InChI=1S/C8H8BrNO3/c9-5-6-13-8-3-1-7(2-4-8)10(11)12/h1-4H,5-6H2/i5D2,6D2. The molecule has 0 spiro atoms. The molecule has 0 radical (unpaired) electrons. The van der Waals surface area contributed by atoms with Gasteiger partial charge in [0, 0.05) is 20.2 Å². The molecule has 0 saturated heterocycles. The summed E-state index contributed by atoms with van der Waals surface area (Å²) in [7, 11) is 0. The molecule has 0 fully saturated rings. The first kappa shape index (κ1) is 5.59. The van der Waals surface area contributed by atoms with E-state index in [0.717, 1.165) is 12.1 Å². The largest absolute Gasteiger partial charge is 0.493 e. The number of hydrogen-bond acceptors (Lipinski definition) is 3. The minimum absolute atomic E-state index is 0.00363. The zero-order valence-corrected chi connectivity index (χ0v) is 7.95. The molecule has 5 heteroatoms. The molecule has 1 aromatic carbocycles. The molecule has 4 nitrogen and oxygen atoms in total. The lowest BCUT2D eigenvalue weighted by atomic mass is 10.3. The van der Waals surface area contributed by atoms with Gasteiger partial charge in [0.1, 0.15) is 5.75 Å². The molecule has 1 rings (SSSR count). The number of hydrogen-bond donors (Lipinski definition) is 0. The highest BCUT2D eigenvalue weighted by atomic mass is 79.9. The maximum atomic E-state index is 10.4. The van der Waals surface area contributed by atoms with E-state index in [0.29, 0.717) is 0 Å². The molecule has 0 amide bonds. The van der Waals surface area contributed by atoms with Crippen molar-refractivity contribution in [3.63, 3.8) is 0 Å². The summed E-state index contributed by atoms with van der Waals surface area (Å²) in [6.07, 6.45) is 0. The first-order valence-electron chi connectivity index (χ1n) is 5.26. The third kappa shape index (κ3) is 3.02. The molecule has 0 N–H and O–H groups in total. The van der Waals surface area contributed by atoms with Crippen LogP contribution in [0.4, 0.5) is 5.69 Å². The quantitative estimate of drug-likeness (QED) is 0.468. The molecule has 0 aliphatic rings. The number of benzene rings is 1. The average Bonchev–Trinajstić information content (AvgIpc) is 2.16. The Morgan fingerprint density at radius 3 is 2.62 bits per heavy atom. The van der Waals surface area contributed by atoms with E-state index in [1.165, 1.54) is 12.1 Å². The summed E-state index contributed by atoms with van der Waals surface area (Å²) in [6, 6.07) is 4.70. The number of nitrogens with zero attached hydrogens (tertiary/aromatic N) is 1. The smallest absolute Gasteiger partial charge is 0.269 e. The van der Waals surface area contributed by atoms with Gasteiger partial charge in [-0.15, -0.1) is 0 Å². The van der Waals surface area contributed by atoms with E-state index in [2.05, 4.69) is 15.9 Å². The number of nitro groups is 1. The van der Waals surface area contributed by atoms with Gasteiger partial charge in [-0.1, -0.05) is 15.9 Å². The van der Waals surface area contributed by atoms with Crippen LogP contribution in [0.25, 0.3) is 0 Å². The zero-order valence-electron chi connectivity index (χ0n) is 10.4. The van der Waals surface area contributed by atoms with Gasteiger partial charge >= 0.3 is 0 Å². The van der Waals surface area contributed by atoms with E-state index < -0.39 is 16.8 Å². The number of rotatable bonds is 4. The summed E-state index contributed by atoms with van der Waals surface area (Å²) in [6.45, 7) is -2.59. The van der Waals surface area contributed by atoms with Crippen LogP contribution in [0.2, 0.25) is 0 Å². The van der Waals surface area contributed by atoms with E-state index in [1.807, 2.05) is 0 Å². The number of ether oxygens (including phenoxy) is 1. The van der Waals surface area contributed by atoms with Crippen molar-refractivity contribution < 1.29 is 15.1 Å². The molecule has 0 aromatic heterocycles. The van der Waals surface area contributed by atoms with E-state index in [-0.39, 0.29) is 11.4 Å². The van der Waals surface area contributed by atoms with E-state index in [9.17, 15) is 10.1 Å². The maximum Gasteiger partial charge on any atom is 0.269 e. The summed E-state index contributed by atoms with van der Waals surface area (Å²) in [4.78, 5) is 9.78. The van der Waals surface area contributed by atoms with Gasteiger partial charge in [0.05, 0.1) is 14.2 Å². The lowest BCUT2D eigenvalue weighted by molar-refractivity contribution is -0.384. The van der Waals surface area contributed by atoms with Gasteiger partial charge in [-0.25, -0.2) is 0 Å². The molecule has 0 heterocycles. The molecule has 0 aliphatic carbocycles. The molecule has 13 heavy (non-hydrogen) atoms. The van der Waals surface area contributed by atoms with Crippen molar-refractivity contribution in [1.82, 2.24) is 0 Å². The van der Waals surface area contributed by atoms with Crippen molar-refractivity contribution >= 4 is 21.6 Å². The molecule has 0 unspecified atom stereocenters. The van der Waals surface area contributed by atoms with Crippen LogP contribution in [0.1, 0.15) is 5.48 Å². The maximum absolute atomic E-state index is 10.4. The van der Waals surface area contributed by atoms with Crippen LogP contribution in [0.3, 0.4) is 0 Å². The van der Waals surface area contributed by atoms with Gasteiger partial charge in [-0.3, -0.25) is 10.1 Å². The Kier molecular flexibility index (Phi) is 2.07. The fourth-order valence-corrected chi connectivity index (χ4v) is 0.795. The first-order chi connectivity index (χ1) is 7.63. The molecular formula is C8H8BrNO3. The van der Waals surface area contributed by atoms with E-state index >= 15 is 0 Å². The predicted octanol–water partition coefficient (Wildman–Crippen LogP) is 2.37. The average molecular weight is 250 g/mol. The summed E-state index contributed by atoms with van der Waals surface area (Å²) in [5.74, 6) is 0.00363. The minimum atomic E-state index is -2.59. The number of alkyl halides is 1. The molecule has 0 aliphatic heterocycles. The molecule has 1 aromatic rings. The number of nitro benzene ring substituents is 1. The monoisotopic (exact) mass is 249 g/mol. The Morgan fingerprint density at radius 1 is 1.54 bits per heavy atom. The minimum Gasteiger partial charge on any atom is -0.493 e. The van der Waals surface area contributed by atoms with Gasteiger partial charge in [0.2, 0.25) is 0 Å². The third-order valence-corrected chi connectivity index (χ3v) is 1.42. The Labute approximate surface area is 89.4 Å². The van der Waals surface area contributed by atoms with E-state index in [4.69, 9.17) is 10.2 Å². The second-order valence-corrected chi connectivity index (χ2v) is 2.45. The predicted molar refractivity (Wildman–Crippen MR) is 52.4 cm³/mol. The van der Waals surface area contributed by atoms with Crippen LogP contribution >= 0.6 is 15.9 Å². The van der Waals surface area contributed by atoms with Crippen LogP contribution in [0.5, 0.6) is 5.75 Å². The van der Waals surface area contributed by atoms with Crippen LogP contribution in [0.15, 0.2) is 24.3 Å². The van der Waals surface area contributed by atoms with Crippen molar-refractivity contribution in [2.75, 3.05) is 11.8 Å². The zero-order chi connectivity index (χ0) is 13.3. The Bertz CT molecular complexity index is 418. The molecule has 70 valence electrons. The van der Waals surface area contributed by atoms with Crippen LogP contribution in [-0.4, -0.2) is 16.8 Å². The third-order valence-electron chi connectivity index (χ3n) is 1.25. The van der Waals surface area contributed by atoms with Crippen molar-refractivity contribution in [3.05, 3.63) is 34.4 Å². The van der Waals surface area contributed by atoms with Crippen LogP contribution < -0.4 is 4.74 Å². The lowest BCUT2D eigenvalue weighted by Crippen LogP contribution is -1.97. The molecule has 0 saturated carbocycles. The first-order valence-corrected chi connectivity index (χ1v) is 4.05. The highest BCUT2D eigenvalue weighted by molar-refractivity contribution is 9.09. The topological polar surface area (TPSA) is 52.4 Å². The second kappa shape index (κ2) is 4.81.